The molecule has 0 radical (unpaired) electrons. The van der Waals surface area contributed by atoms with Crippen LogP contribution in [0.2, 0.25) is 0 Å². The molecule has 1 N–H and O–H groups in total. The maximum absolute atomic E-state index is 12.2. The predicted molar refractivity (Wildman–Crippen MR) is 85.0 cm³/mol. The molecule has 0 fully saturated rings. The Balaban J connectivity index is 1.90. The van der Waals surface area contributed by atoms with Gasteiger partial charge in [0.05, 0.1) is 4.90 Å². The zero-order chi connectivity index (χ0) is 15.6. The first-order chi connectivity index (χ1) is 10.6. The van der Waals surface area contributed by atoms with Gasteiger partial charge in [-0.05, 0) is 35.0 Å². The Morgan fingerprint density at radius 2 is 1.41 bits per heavy atom. The van der Waals surface area contributed by atoms with Crippen LogP contribution in [0.1, 0.15) is 10.4 Å². The summed E-state index contributed by atoms with van der Waals surface area (Å²) in [7, 11) is -3.86. The molecule has 0 aliphatic heterocycles. The third-order valence-corrected chi connectivity index (χ3v) is 4.64. The van der Waals surface area contributed by atoms with Crippen molar-refractivity contribution in [1.29, 1.82) is 0 Å². The van der Waals surface area contributed by atoms with Crippen LogP contribution >= 0.6 is 0 Å². The number of benzene rings is 3. The lowest BCUT2D eigenvalue weighted by atomic mass is 10.1. The van der Waals surface area contributed by atoms with E-state index in [1.165, 1.54) is 12.1 Å². The standard InChI is InChI=1S/C17H13NO3S/c19-17(18-22(20,21)16-8-2-1-3-9-16)15-11-10-13-6-4-5-7-14(13)12-15/h1-12H,(H,18,19). The topological polar surface area (TPSA) is 63.2 Å². The fourth-order valence-corrected chi connectivity index (χ4v) is 3.17. The summed E-state index contributed by atoms with van der Waals surface area (Å²) in [6.45, 7) is 0. The molecule has 3 aromatic rings. The van der Waals surface area contributed by atoms with E-state index >= 15 is 0 Å². The lowest BCUT2D eigenvalue weighted by Crippen LogP contribution is -2.30. The number of carbonyl (C=O) groups excluding carboxylic acids is 1. The summed E-state index contributed by atoms with van der Waals surface area (Å²) < 4.78 is 26.4. The van der Waals surface area contributed by atoms with E-state index in [2.05, 4.69) is 4.72 Å². The molecule has 0 unspecified atom stereocenters. The first kappa shape index (κ1) is 14.3. The lowest BCUT2D eigenvalue weighted by molar-refractivity contribution is 0.0981. The second-order valence-electron chi connectivity index (χ2n) is 4.81. The maximum atomic E-state index is 12.2. The van der Waals surface area contributed by atoms with E-state index in [0.717, 1.165) is 10.8 Å². The molecule has 0 heterocycles. The molecule has 0 aliphatic rings. The highest BCUT2D eigenvalue weighted by Crippen LogP contribution is 2.16. The van der Waals surface area contributed by atoms with Crippen molar-refractivity contribution >= 4 is 26.7 Å². The zero-order valence-corrected chi connectivity index (χ0v) is 12.4. The summed E-state index contributed by atoms with van der Waals surface area (Å²) in [4.78, 5) is 12.2. The first-order valence-electron chi connectivity index (χ1n) is 6.67. The molecule has 0 atom stereocenters. The SMILES string of the molecule is O=C(NS(=O)(=O)c1ccccc1)c1ccc2ccccc2c1. The number of hydrogen-bond acceptors (Lipinski definition) is 3. The molecule has 4 nitrogen and oxygen atoms in total. The van der Waals surface area contributed by atoms with Gasteiger partial charge in [-0.3, -0.25) is 4.79 Å². The van der Waals surface area contributed by atoms with E-state index in [1.54, 1.807) is 36.4 Å². The van der Waals surface area contributed by atoms with Gasteiger partial charge in [0, 0.05) is 5.56 Å². The van der Waals surface area contributed by atoms with Crippen molar-refractivity contribution in [2.24, 2.45) is 0 Å². The van der Waals surface area contributed by atoms with Crippen molar-refractivity contribution in [2.45, 2.75) is 4.90 Å². The van der Waals surface area contributed by atoms with Crippen LogP contribution in [0, 0.1) is 0 Å². The van der Waals surface area contributed by atoms with Crippen molar-refractivity contribution in [1.82, 2.24) is 4.72 Å². The molecular formula is C17H13NO3S. The molecule has 0 saturated carbocycles. The highest BCUT2D eigenvalue weighted by molar-refractivity contribution is 7.90. The van der Waals surface area contributed by atoms with Gasteiger partial charge in [0.1, 0.15) is 0 Å². The van der Waals surface area contributed by atoms with Gasteiger partial charge < -0.3 is 0 Å². The van der Waals surface area contributed by atoms with E-state index < -0.39 is 15.9 Å². The molecule has 0 aromatic heterocycles. The normalized spacial score (nSPS) is 11.3. The van der Waals surface area contributed by atoms with Gasteiger partial charge in [-0.15, -0.1) is 0 Å². The average Bonchev–Trinajstić information content (AvgIpc) is 2.55. The van der Waals surface area contributed by atoms with E-state index in [-0.39, 0.29) is 4.90 Å². The molecule has 110 valence electrons. The Kier molecular flexibility index (Phi) is 3.65. The van der Waals surface area contributed by atoms with Crippen LogP contribution in [0.5, 0.6) is 0 Å². The third-order valence-electron chi connectivity index (χ3n) is 3.29. The van der Waals surface area contributed by atoms with Gasteiger partial charge in [-0.2, -0.15) is 0 Å². The summed E-state index contributed by atoms with van der Waals surface area (Å²) in [5, 5.41) is 1.87. The van der Waals surface area contributed by atoms with E-state index in [9.17, 15) is 13.2 Å². The lowest BCUT2D eigenvalue weighted by Gasteiger charge is -2.07. The molecule has 0 aliphatic carbocycles. The fraction of sp³-hybridized carbons (Fsp3) is 0. The third kappa shape index (κ3) is 2.84. The smallest absolute Gasteiger partial charge is 0.265 e. The van der Waals surface area contributed by atoms with Gasteiger partial charge >= 0.3 is 0 Å². The van der Waals surface area contributed by atoms with Crippen molar-refractivity contribution < 1.29 is 13.2 Å². The number of hydrogen-bond donors (Lipinski definition) is 1. The van der Waals surface area contributed by atoms with Crippen LogP contribution in [0.25, 0.3) is 10.8 Å². The summed E-state index contributed by atoms with van der Waals surface area (Å²) in [6, 6.07) is 20.4. The molecule has 0 saturated heterocycles. The minimum absolute atomic E-state index is 0.0594. The number of amides is 1. The second-order valence-corrected chi connectivity index (χ2v) is 6.49. The largest absolute Gasteiger partial charge is 0.268 e. The van der Waals surface area contributed by atoms with Gasteiger partial charge in [-0.1, -0.05) is 48.5 Å². The van der Waals surface area contributed by atoms with Crippen molar-refractivity contribution in [3.63, 3.8) is 0 Å². The molecule has 3 rings (SSSR count). The molecule has 22 heavy (non-hydrogen) atoms. The molecule has 3 aromatic carbocycles. The minimum Gasteiger partial charge on any atom is -0.268 e. The maximum Gasteiger partial charge on any atom is 0.265 e. The highest BCUT2D eigenvalue weighted by atomic mass is 32.2. The Labute approximate surface area is 128 Å². The van der Waals surface area contributed by atoms with Gasteiger partial charge in [0.25, 0.3) is 15.9 Å². The van der Waals surface area contributed by atoms with Gasteiger partial charge in [0.15, 0.2) is 0 Å². The molecule has 5 heteroatoms. The van der Waals surface area contributed by atoms with Gasteiger partial charge in [0.2, 0.25) is 0 Å². The van der Waals surface area contributed by atoms with Crippen LogP contribution in [0.15, 0.2) is 77.7 Å². The fourth-order valence-electron chi connectivity index (χ4n) is 2.17. The Morgan fingerprint density at radius 1 is 0.773 bits per heavy atom. The summed E-state index contributed by atoms with van der Waals surface area (Å²) in [5.41, 5.74) is 0.304. The molecule has 0 bridgehead atoms. The molecule has 1 amide bonds. The Hall–Kier alpha value is -2.66. The zero-order valence-electron chi connectivity index (χ0n) is 11.6. The Morgan fingerprint density at radius 3 is 2.14 bits per heavy atom. The van der Waals surface area contributed by atoms with Crippen molar-refractivity contribution in [2.75, 3.05) is 0 Å². The van der Waals surface area contributed by atoms with Gasteiger partial charge in [-0.25, -0.2) is 13.1 Å². The monoisotopic (exact) mass is 311 g/mol. The number of carbonyl (C=O) groups is 1. The number of nitrogens with one attached hydrogen (secondary N) is 1. The van der Waals surface area contributed by atoms with Crippen LogP contribution in [0.3, 0.4) is 0 Å². The first-order valence-corrected chi connectivity index (χ1v) is 8.15. The van der Waals surface area contributed by atoms with Crippen LogP contribution in [-0.2, 0) is 10.0 Å². The summed E-state index contributed by atoms with van der Waals surface area (Å²) >= 11 is 0. The van der Waals surface area contributed by atoms with Crippen LogP contribution in [0.4, 0.5) is 0 Å². The number of sulfonamides is 1. The summed E-state index contributed by atoms with van der Waals surface area (Å²) in [5.74, 6) is -0.644. The highest BCUT2D eigenvalue weighted by Gasteiger charge is 2.18. The number of fused-ring (bicyclic) bond motifs is 1. The number of rotatable bonds is 3. The van der Waals surface area contributed by atoms with Crippen LogP contribution < -0.4 is 4.72 Å². The van der Waals surface area contributed by atoms with E-state index in [4.69, 9.17) is 0 Å². The predicted octanol–water partition coefficient (Wildman–Crippen LogP) is 2.96. The average molecular weight is 311 g/mol. The van der Waals surface area contributed by atoms with E-state index in [1.807, 2.05) is 24.3 Å². The summed E-state index contributed by atoms with van der Waals surface area (Å²) in [6.07, 6.45) is 0. The minimum atomic E-state index is -3.86. The van der Waals surface area contributed by atoms with Crippen LogP contribution in [-0.4, -0.2) is 14.3 Å². The second kappa shape index (κ2) is 5.61. The Bertz CT molecular complexity index is 934. The van der Waals surface area contributed by atoms with E-state index in [0.29, 0.717) is 5.56 Å². The quantitative estimate of drug-likeness (QED) is 0.809. The van der Waals surface area contributed by atoms with Crippen molar-refractivity contribution in [3.8, 4) is 0 Å². The van der Waals surface area contributed by atoms with Crippen molar-refractivity contribution in [3.05, 3.63) is 78.4 Å². The molecule has 0 spiro atoms. The molecular weight excluding hydrogens is 298 g/mol.